The van der Waals surface area contributed by atoms with E-state index in [2.05, 4.69) is 64.5 Å². The van der Waals surface area contributed by atoms with Crippen molar-refractivity contribution in [2.24, 2.45) is 0 Å². The van der Waals surface area contributed by atoms with E-state index < -0.39 is 11.6 Å². The maximum absolute atomic E-state index is 15.5. The molecule has 0 saturated carbocycles. The van der Waals surface area contributed by atoms with Gasteiger partial charge in [0.15, 0.2) is 5.82 Å². The molecule has 4 N–H and O–H groups in total. The number of hydrogen-bond acceptors (Lipinski definition) is 7. The van der Waals surface area contributed by atoms with Gasteiger partial charge in [-0.05, 0) is 78.3 Å². The first-order chi connectivity index (χ1) is 32.5. The molecule has 5 aromatic carbocycles. The van der Waals surface area contributed by atoms with Gasteiger partial charge < -0.3 is 4.98 Å². The van der Waals surface area contributed by atoms with Crippen molar-refractivity contribution < 1.29 is 17.6 Å². The second-order valence-corrected chi connectivity index (χ2v) is 16.9. The third-order valence-corrected chi connectivity index (χ3v) is 12.5. The Morgan fingerprint density at radius 3 is 1.90 bits per heavy atom. The number of nitrogens with zero attached hydrogens (tertiary/aromatic N) is 7. The number of pyridine rings is 1. The van der Waals surface area contributed by atoms with Crippen molar-refractivity contribution in [1.82, 2.24) is 49.7 Å². The monoisotopic (exact) mass is 897 g/mol. The molecule has 334 valence electrons. The summed E-state index contributed by atoms with van der Waals surface area (Å²) < 4.78 is 60.9. The van der Waals surface area contributed by atoms with E-state index in [-0.39, 0.29) is 17.0 Å². The zero-order valence-corrected chi connectivity index (χ0v) is 37.2. The minimum absolute atomic E-state index is 0.282. The maximum atomic E-state index is 15.5. The van der Waals surface area contributed by atoms with Crippen LogP contribution in [-0.4, -0.2) is 63.5 Å². The van der Waals surface area contributed by atoms with Crippen LogP contribution in [0.4, 0.5) is 17.6 Å². The summed E-state index contributed by atoms with van der Waals surface area (Å²) >= 11 is 0. The number of fused-ring (bicyclic) bond motifs is 4. The van der Waals surface area contributed by atoms with Gasteiger partial charge in [-0.25, -0.2) is 18.2 Å². The number of aromatic amines is 3. The predicted molar refractivity (Wildman–Crippen MR) is 252 cm³/mol. The quantitative estimate of drug-likeness (QED) is 0.0839. The van der Waals surface area contributed by atoms with Crippen LogP contribution in [0.5, 0.6) is 0 Å². The average molecular weight is 898 g/mol. The van der Waals surface area contributed by atoms with Crippen LogP contribution in [0.25, 0.3) is 78.5 Å². The molecule has 0 radical (unpaired) electrons. The van der Waals surface area contributed by atoms with Gasteiger partial charge in [-0.1, -0.05) is 56.3 Å². The first kappa shape index (κ1) is 43.3. The van der Waals surface area contributed by atoms with E-state index in [1.807, 2.05) is 32.0 Å². The van der Waals surface area contributed by atoms with Gasteiger partial charge in [0.25, 0.3) is 0 Å². The van der Waals surface area contributed by atoms with Gasteiger partial charge in [0, 0.05) is 26.1 Å². The van der Waals surface area contributed by atoms with Gasteiger partial charge in [-0.15, -0.1) is 0 Å². The number of hydrogen-bond donors (Lipinski definition) is 4. The molecule has 0 fully saturated rings. The molecule has 3 aliphatic rings. The average Bonchev–Trinajstić information content (AvgIpc) is 4.15. The molecule has 0 unspecified atom stereocenters. The molecular weight excluding hydrogens is 853 g/mol. The van der Waals surface area contributed by atoms with E-state index in [1.54, 1.807) is 48.9 Å². The first-order valence-electron chi connectivity index (χ1n) is 22.1. The minimum atomic E-state index is -0.484. The molecule has 8 aromatic rings. The van der Waals surface area contributed by atoms with Crippen molar-refractivity contribution in [3.63, 3.8) is 0 Å². The molecule has 0 amide bonds. The Bertz CT molecular complexity index is 3460. The second-order valence-electron chi connectivity index (χ2n) is 16.9. The van der Waals surface area contributed by atoms with Gasteiger partial charge in [0.1, 0.15) is 23.1 Å². The Morgan fingerprint density at radius 2 is 1.28 bits per heavy atom. The van der Waals surface area contributed by atoms with Gasteiger partial charge in [0.2, 0.25) is 0 Å². The van der Waals surface area contributed by atoms with Gasteiger partial charge in [0.05, 0.1) is 22.3 Å². The van der Waals surface area contributed by atoms with Crippen LogP contribution in [0.3, 0.4) is 0 Å². The normalized spacial score (nSPS) is 12.7. The molecule has 67 heavy (non-hydrogen) atoms. The van der Waals surface area contributed by atoms with Gasteiger partial charge in [-0.3, -0.25) is 10.00 Å². The fraction of sp³-hybridized carbons (Fsp3) is 0.196. The van der Waals surface area contributed by atoms with Gasteiger partial charge in [-0.2, -0.15) is 5.10 Å². The molecule has 3 aromatic heterocycles. The topological polar surface area (TPSA) is 144 Å². The van der Waals surface area contributed by atoms with Crippen LogP contribution >= 0.6 is 0 Å². The molecule has 11 nitrogen and oxygen atoms in total. The summed E-state index contributed by atoms with van der Waals surface area (Å²) in [4.78, 5) is 19.5. The number of rotatable bonds is 9. The fourth-order valence-electron chi connectivity index (χ4n) is 9.02. The summed E-state index contributed by atoms with van der Waals surface area (Å²) in [6, 6.07) is 25.2. The van der Waals surface area contributed by atoms with Crippen molar-refractivity contribution in [3.8, 4) is 56.7 Å². The number of H-pyrrole nitrogens is 3. The standard InChI is InChI=1S/C29H27F2N5.C22H17BF2N6/c1-3-19-11-17(2)22(30)14-21(19)20-12-23(31)27-25(13-20)34-35-28(27)29-32-24-9-10-36(16-26(24)33-29)15-18-7-5-4-6-8-18;1-3-12-6-11(2)15(24)9-14(12)13-7-16(25)20-18(8-13)29-30-21(20)22-27-17-4-5-31(23-26)10-19(17)28-22/h4-8,11-14H,3,9-10,15-16H2,1-2H3,(H,32,33)(H,34,35);4-10,26H,3H2,1-2H3,(H,29,30). The molecule has 0 aliphatic carbocycles. The summed E-state index contributed by atoms with van der Waals surface area (Å²) in [5.41, 5.74) is 12.0. The SMILES string of the molecule is CCc1cc(C)c(F)cc1-c1cc(F)c2c(-c3nc4c([nH]3)CN(Cc3ccccc3)CC4)n[nH]c2c1.CCc1cc(C)c(F)cc1-c1cc(F)c2c(-c3nc4ccn(B=N)cc-4n3)n[nH]c2c1. The van der Waals surface area contributed by atoms with Crippen LogP contribution in [0.15, 0.2) is 97.3 Å². The number of aryl methyl sites for hydroxylation is 4. The number of nitrogens with one attached hydrogen (secondary N) is 4. The molecule has 11 rings (SSSR count). The van der Waals surface area contributed by atoms with E-state index in [0.717, 1.165) is 62.2 Å². The zero-order valence-electron chi connectivity index (χ0n) is 37.2. The summed E-state index contributed by atoms with van der Waals surface area (Å²) in [5.74, 6) is -0.647. The third-order valence-electron chi connectivity index (χ3n) is 12.5. The predicted octanol–water partition coefficient (Wildman–Crippen LogP) is 11.3. The van der Waals surface area contributed by atoms with Crippen molar-refractivity contribution in [1.29, 1.82) is 5.31 Å². The molecule has 3 aliphatic heterocycles. The number of aromatic nitrogens is 9. The Balaban J connectivity index is 0.000000159. The van der Waals surface area contributed by atoms with E-state index in [4.69, 9.17) is 10.3 Å². The van der Waals surface area contributed by atoms with Crippen molar-refractivity contribution in [3.05, 3.63) is 160 Å². The molecular formula is C51H44BF4N11. The fourth-order valence-corrected chi connectivity index (χ4v) is 9.02. The van der Waals surface area contributed by atoms with Gasteiger partial charge >= 0.3 is 135 Å². The Hall–Kier alpha value is -7.59. The van der Waals surface area contributed by atoms with Crippen molar-refractivity contribution >= 4 is 29.0 Å². The summed E-state index contributed by atoms with van der Waals surface area (Å²) in [5, 5.41) is 22.5. The third kappa shape index (κ3) is 8.22. The van der Waals surface area contributed by atoms with Crippen LogP contribution in [0.1, 0.15) is 53.1 Å². The summed E-state index contributed by atoms with van der Waals surface area (Å²) in [6.07, 6.45) is 5.61. The first-order valence-corrected chi connectivity index (χ1v) is 22.1. The molecule has 0 saturated heterocycles. The van der Waals surface area contributed by atoms with E-state index in [1.165, 1.54) is 29.8 Å². The molecule has 0 atom stereocenters. The number of benzene rings is 5. The van der Waals surface area contributed by atoms with E-state index in [9.17, 15) is 8.78 Å². The Kier molecular flexibility index (Phi) is 11.4. The van der Waals surface area contributed by atoms with Crippen molar-refractivity contribution in [2.45, 2.75) is 60.0 Å². The Morgan fingerprint density at radius 1 is 0.687 bits per heavy atom. The van der Waals surface area contributed by atoms with E-state index in [0.29, 0.717) is 90.6 Å². The molecule has 0 bridgehead atoms. The van der Waals surface area contributed by atoms with Crippen LogP contribution in [0, 0.1) is 42.4 Å². The number of imidazole rings is 2. The summed E-state index contributed by atoms with van der Waals surface area (Å²) in [7, 11) is 1.15. The van der Waals surface area contributed by atoms with Crippen molar-refractivity contribution in [2.75, 3.05) is 6.54 Å². The zero-order chi connectivity index (χ0) is 46.5. The molecule has 6 heterocycles. The van der Waals surface area contributed by atoms with Crippen LogP contribution < -0.4 is 0 Å². The Labute approximate surface area is 383 Å². The van der Waals surface area contributed by atoms with Crippen LogP contribution in [-0.2, 0) is 32.4 Å². The second kappa shape index (κ2) is 17.7. The van der Waals surface area contributed by atoms with E-state index >= 15 is 8.78 Å². The van der Waals surface area contributed by atoms with Crippen LogP contribution in [0.2, 0.25) is 0 Å². The molecule has 16 heteroatoms. The summed E-state index contributed by atoms with van der Waals surface area (Å²) in [6.45, 7) is 10.0. The number of halogens is 4. The molecule has 0 spiro atoms.